The quantitative estimate of drug-likeness (QED) is 0.160. The fourth-order valence-corrected chi connectivity index (χ4v) is 8.16. The number of ether oxygens (including phenoxy) is 4. The van der Waals surface area contributed by atoms with Crippen LogP contribution < -0.4 is 40.8 Å². The Kier molecular flexibility index (Phi) is 19.3. The topological polar surface area (TPSA) is 162 Å². The summed E-state index contributed by atoms with van der Waals surface area (Å²) in [5, 5.41) is 0. The van der Waals surface area contributed by atoms with E-state index in [0.717, 1.165) is 21.9 Å². The Balaban J connectivity index is 1.01. The Morgan fingerprint density at radius 2 is 0.434 bits per heavy atom. The van der Waals surface area contributed by atoms with Gasteiger partial charge in [0.2, 0.25) is 0 Å². The highest BCUT2D eigenvalue weighted by molar-refractivity contribution is 6.62. The molecule has 20 heteroatoms. The number of fused-ring (bicyclic) bond motifs is 8. The van der Waals surface area contributed by atoms with E-state index in [9.17, 15) is 0 Å². The van der Waals surface area contributed by atoms with E-state index in [1.807, 2.05) is 170 Å². The van der Waals surface area contributed by atoms with Crippen LogP contribution in [-0.4, -0.2) is 76.8 Å². The van der Waals surface area contributed by atoms with Crippen molar-refractivity contribution in [2.45, 2.75) is 52.9 Å². The molecular weight excluding hydrogens is 964 g/mol. The summed E-state index contributed by atoms with van der Waals surface area (Å²) in [6.45, 7) is 0.972. The number of aromatic nitrogens is 4. The van der Waals surface area contributed by atoms with Gasteiger partial charge in [-0.15, -0.1) is 0 Å². The highest BCUT2D eigenvalue weighted by Crippen LogP contribution is 2.17. The molecule has 0 saturated carbocycles. The second-order valence-electron chi connectivity index (χ2n) is 17.4. The zero-order chi connectivity index (χ0) is 52.3. The Morgan fingerprint density at radius 3 is 0.605 bits per heavy atom. The van der Waals surface area contributed by atoms with E-state index >= 15 is 0 Å². The number of benzene rings is 4. The van der Waals surface area contributed by atoms with Gasteiger partial charge in [0.15, 0.2) is 0 Å². The molecule has 1 aliphatic rings. The highest BCUT2D eigenvalue weighted by atomic mass is 16.6. The number of hydrogen-bond donors (Lipinski definition) is 0. The maximum atomic E-state index is 6.49. The molecule has 0 radical (unpaired) electrons. The van der Waals surface area contributed by atoms with Gasteiger partial charge in [0, 0.05) is 0 Å². The molecule has 16 nitrogen and oxygen atoms in total. The largest absolute Gasteiger partial charge is 0.497 e. The molecule has 0 fully saturated rings. The molecule has 0 atom stereocenters. The average molecular weight is 1020 g/mol. The van der Waals surface area contributed by atoms with E-state index in [2.05, 4.69) is 0 Å². The van der Waals surface area contributed by atoms with Crippen molar-refractivity contribution in [3.63, 3.8) is 0 Å². The van der Waals surface area contributed by atoms with Gasteiger partial charge in [-0.1, -0.05) is 72.8 Å². The molecule has 0 N–H and O–H groups in total. The van der Waals surface area contributed by atoms with Crippen molar-refractivity contribution in [2.24, 2.45) is 0 Å². The van der Waals surface area contributed by atoms with Gasteiger partial charge in [-0.2, -0.15) is 0 Å². The van der Waals surface area contributed by atoms with Gasteiger partial charge in [-0.25, -0.2) is 0 Å². The van der Waals surface area contributed by atoms with Crippen LogP contribution in [0.4, 0.5) is 0 Å². The van der Waals surface area contributed by atoms with Crippen LogP contribution in [0.5, 0.6) is 23.0 Å². The number of pyridine rings is 4. The maximum Gasteiger partial charge on any atom is 0.494 e. The van der Waals surface area contributed by atoms with E-state index < -0.39 is 28.5 Å². The first-order chi connectivity index (χ1) is 37.4. The monoisotopic (exact) mass is 1020 g/mol. The summed E-state index contributed by atoms with van der Waals surface area (Å²) < 4.78 is 74.2. The highest BCUT2D eigenvalue weighted by Gasteiger charge is 2.28. The van der Waals surface area contributed by atoms with Gasteiger partial charge in [-0.3, -0.25) is 19.9 Å². The summed E-state index contributed by atoms with van der Waals surface area (Å²) in [6.07, 6.45) is 0. The first-order valence-electron chi connectivity index (χ1n) is 24.7. The van der Waals surface area contributed by atoms with Crippen LogP contribution in [0.2, 0.25) is 0 Å². The van der Waals surface area contributed by atoms with Crippen molar-refractivity contribution < 1.29 is 56.2 Å². The fourth-order valence-electron chi connectivity index (χ4n) is 8.16. The fraction of sp³-hybridized carbons (Fsp3) is 0.214. The minimum atomic E-state index is -0.809. The maximum absolute atomic E-state index is 6.49. The summed E-state index contributed by atoms with van der Waals surface area (Å²) in [7, 11) is 3.24. The lowest BCUT2D eigenvalue weighted by Crippen LogP contribution is -2.37. The first kappa shape index (κ1) is 53.4. The van der Waals surface area contributed by atoms with Gasteiger partial charge >= 0.3 is 28.5 Å². The van der Waals surface area contributed by atoms with Gasteiger partial charge in [0.1, 0.15) is 23.0 Å². The van der Waals surface area contributed by atoms with Crippen molar-refractivity contribution in [3.05, 3.63) is 215 Å². The summed E-state index contributed by atoms with van der Waals surface area (Å²) in [6, 6.07) is 53.0. The third-order valence-electron chi connectivity index (χ3n) is 12.0. The molecule has 8 bridgehead atoms. The molecule has 0 amide bonds. The molecule has 384 valence electrons. The van der Waals surface area contributed by atoms with Crippen LogP contribution >= 0.6 is 0 Å². The van der Waals surface area contributed by atoms with E-state index in [4.69, 9.17) is 76.1 Å². The Morgan fingerprint density at radius 1 is 0.263 bits per heavy atom. The molecule has 0 spiro atoms. The van der Waals surface area contributed by atoms with Crippen molar-refractivity contribution in [1.29, 1.82) is 0 Å². The SMILES string of the molecule is COc1cccc(B2OCc3cccc(n3)COB(c3cccc(OC)c3)OCc3cccc(n3)COB(c3cccc(OC)c3)OCc3cccc(n3)COB(c3cccc(OC)c3)OCc3cccc(n3)CO2)c1. The lowest BCUT2D eigenvalue weighted by atomic mass is 9.78. The zero-order valence-corrected chi connectivity index (χ0v) is 42.8. The Labute approximate surface area is 444 Å². The van der Waals surface area contributed by atoms with Crippen LogP contribution in [0.1, 0.15) is 45.6 Å². The number of nitrogens with zero attached hydrogens (tertiary/aromatic N) is 4. The second-order valence-corrected chi connectivity index (χ2v) is 17.4. The minimum absolute atomic E-state index is 0.121. The third-order valence-corrected chi connectivity index (χ3v) is 12.0. The van der Waals surface area contributed by atoms with Crippen LogP contribution in [0, 0.1) is 0 Å². The van der Waals surface area contributed by atoms with Crippen LogP contribution in [0.15, 0.2) is 170 Å². The second kappa shape index (κ2) is 27.4. The van der Waals surface area contributed by atoms with Crippen LogP contribution in [-0.2, 0) is 90.1 Å². The molecule has 8 aromatic rings. The molecule has 0 aliphatic carbocycles. The Bertz CT molecular complexity index is 2620. The van der Waals surface area contributed by atoms with E-state index in [-0.39, 0.29) is 52.9 Å². The first-order valence-corrected chi connectivity index (χ1v) is 24.7. The third kappa shape index (κ3) is 15.4. The van der Waals surface area contributed by atoms with E-state index in [1.54, 1.807) is 28.4 Å². The summed E-state index contributed by atoms with van der Waals surface area (Å²) in [5.41, 5.74) is 8.34. The lowest BCUT2D eigenvalue weighted by molar-refractivity contribution is 0.180. The lowest BCUT2D eigenvalue weighted by Gasteiger charge is -2.18. The predicted octanol–water partition coefficient (Wildman–Crippen LogP) is 6.13. The molecule has 4 aromatic heterocycles. The van der Waals surface area contributed by atoms with Crippen LogP contribution in [0.25, 0.3) is 0 Å². The van der Waals surface area contributed by atoms with Crippen molar-refractivity contribution >= 4 is 50.3 Å². The summed E-state index contributed by atoms with van der Waals surface area (Å²) in [4.78, 5) is 19.6. The van der Waals surface area contributed by atoms with Gasteiger partial charge in [0.25, 0.3) is 0 Å². The smallest absolute Gasteiger partial charge is 0.494 e. The molecule has 76 heavy (non-hydrogen) atoms. The summed E-state index contributed by atoms with van der Waals surface area (Å²) >= 11 is 0. The van der Waals surface area contributed by atoms with Crippen molar-refractivity contribution in [3.8, 4) is 23.0 Å². The number of hydrogen-bond acceptors (Lipinski definition) is 16. The number of rotatable bonds is 8. The van der Waals surface area contributed by atoms with Gasteiger partial charge < -0.3 is 56.2 Å². The van der Waals surface area contributed by atoms with Gasteiger partial charge in [0.05, 0.1) is 127 Å². The normalized spacial score (nSPS) is 14.7. The average Bonchev–Trinajstić information content (AvgIpc) is 3.47. The minimum Gasteiger partial charge on any atom is -0.497 e. The molecule has 5 heterocycles. The molecular formula is C56H56B4N4O12. The van der Waals surface area contributed by atoms with E-state index in [1.165, 1.54) is 0 Å². The molecule has 1 aliphatic heterocycles. The van der Waals surface area contributed by atoms with Crippen LogP contribution in [0.3, 0.4) is 0 Å². The van der Waals surface area contributed by atoms with E-state index in [0.29, 0.717) is 68.5 Å². The Hall–Kier alpha value is -7.38. The summed E-state index contributed by atoms with van der Waals surface area (Å²) in [5.74, 6) is 2.64. The number of methoxy groups -OCH3 is 4. The molecule has 0 saturated heterocycles. The standard InChI is InChI=1S/C56H56B4N4O12/c1-65-53-25-5-13-41(29-53)57-69-33-45-17-9-19-47(61-45)35-71-58(42-14-6-26-54(30-42)66-2)73-37-49-21-11-23-51(63-49)39-75-60(44-16-8-28-56(32-44)68-4)76-40-52-24-12-22-50(64-52)38-74-59(43-15-7-27-55(31-43)67-3)72-36-48-20-10-18-46(62-48)34-70-57/h5-32H,33-40H2,1-4H3. The molecule has 0 unspecified atom stereocenters. The molecule has 4 aromatic carbocycles. The zero-order valence-electron chi connectivity index (χ0n) is 42.8. The van der Waals surface area contributed by atoms with Crippen molar-refractivity contribution in [1.82, 2.24) is 19.9 Å². The predicted molar refractivity (Wildman–Crippen MR) is 289 cm³/mol. The molecule has 9 rings (SSSR count). The van der Waals surface area contributed by atoms with Crippen molar-refractivity contribution in [2.75, 3.05) is 28.4 Å². The van der Waals surface area contributed by atoms with Gasteiger partial charge in [-0.05, 0) is 119 Å².